The molecule has 2 aromatic carbocycles. The van der Waals surface area contributed by atoms with Gasteiger partial charge in [0.2, 0.25) is 12.2 Å². The van der Waals surface area contributed by atoms with Crippen LogP contribution >= 0.6 is 0 Å². The summed E-state index contributed by atoms with van der Waals surface area (Å²) in [5.74, 6) is 0. The topological polar surface area (TPSA) is 58.9 Å². The second-order valence-corrected chi connectivity index (χ2v) is 5.12. The van der Waals surface area contributed by atoms with Crippen LogP contribution in [-0.2, 0) is 15.0 Å². The molecule has 0 N–H and O–H groups in total. The number of nitrogens with zero attached hydrogens (tertiary/aromatic N) is 2. The van der Waals surface area contributed by atoms with E-state index in [1.807, 2.05) is 24.3 Å². The summed E-state index contributed by atoms with van der Waals surface area (Å²) >= 11 is 0. The van der Waals surface area contributed by atoms with Crippen LogP contribution in [0.5, 0.6) is 0 Å². The van der Waals surface area contributed by atoms with Crippen LogP contribution in [0.2, 0.25) is 0 Å². The average molecular weight is 278 g/mol. The zero-order valence-corrected chi connectivity index (χ0v) is 11.8. The highest BCUT2D eigenvalue weighted by molar-refractivity contribution is 5.53. The molecule has 104 valence electrons. The lowest BCUT2D eigenvalue weighted by atomic mass is 9.78. The Hall–Kier alpha value is -2.80. The minimum absolute atomic E-state index is 0.215. The van der Waals surface area contributed by atoms with Crippen LogP contribution in [0.15, 0.2) is 58.5 Å². The summed E-state index contributed by atoms with van der Waals surface area (Å²) in [6, 6.07) is 14.9. The monoisotopic (exact) mass is 278 g/mol. The zero-order chi connectivity index (χ0) is 15.3. The Morgan fingerprint density at radius 1 is 0.714 bits per heavy atom. The van der Waals surface area contributed by atoms with Gasteiger partial charge < -0.3 is 0 Å². The first-order valence-electron chi connectivity index (χ1n) is 6.45. The fraction of sp³-hybridized carbons (Fsp3) is 0.176. The first-order chi connectivity index (χ1) is 10.1. The molecule has 0 spiro atoms. The van der Waals surface area contributed by atoms with Crippen LogP contribution in [0.1, 0.15) is 25.0 Å². The van der Waals surface area contributed by atoms with E-state index in [1.54, 1.807) is 24.3 Å². The third-order valence-electron chi connectivity index (χ3n) is 3.53. The fourth-order valence-corrected chi connectivity index (χ4v) is 2.18. The SMILES string of the molecule is CC(C)(c1ccc(N=C=O)cc1)c1ccc(N=C=O)cc1. The molecule has 0 aromatic heterocycles. The molecular weight excluding hydrogens is 264 g/mol. The molecule has 0 aliphatic heterocycles. The lowest BCUT2D eigenvalue weighted by Gasteiger charge is -2.26. The van der Waals surface area contributed by atoms with Gasteiger partial charge in [0, 0.05) is 5.41 Å². The van der Waals surface area contributed by atoms with E-state index >= 15 is 0 Å². The van der Waals surface area contributed by atoms with Crippen molar-refractivity contribution in [1.82, 2.24) is 0 Å². The van der Waals surface area contributed by atoms with Gasteiger partial charge in [0.15, 0.2) is 0 Å². The fourth-order valence-electron chi connectivity index (χ4n) is 2.18. The van der Waals surface area contributed by atoms with Crippen molar-refractivity contribution in [3.05, 3.63) is 59.7 Å². The van der Waals surface area contributed by atoms with E-state index in [2.05, 4.69) is 23.8 Å². The van der Waals surface area contributed by atoms with Gasteiger partial charge in [0.25, 0.3) is 0 Å². The predicted octanol–water partition coefficient (Wildman–Crippen LogP) is 3.95. The van der Waals surface area contributed by atoms with Crippen molar-refractivity contribution in [1.29, 1.82) is 0 Å². The molecule has 0 bridgehead atoms. The van der Waals surface area contributed by atoms with Gasteiger partial charge in [-0.25, -0.2) is 9.59 Å². The number of carbonyl (C=O) groups excluding carboxylic acids is 2. The van der Waals surface area contributed by atoms with Crippen molar-refractivity contribution in [2.24, 2.45) is 9.98 Å². The van der Waals surface area contributed by atoms with Crippen molar-refractivity contribution in [2.45, 2.75) is 19.3 Å². The Balaban J connectivity index is 2.35. The molecular formula is C17H14N2O2. The molecule has 0 radical (unpaired) electrons. The summed E-state index contributed by atoms with van der Waals surface area (Å²) in [6.07, 6.45) is 3.05. The maximum Gasteiger partial charge on any atom is 0.240 e. The van der Waals surface area contributed by atoms with Crippen molar-refractivity contribution in [3.8, 4) is 0 Å². The third-order valence-corrected chi connectivity index (χ3v) is 3.53. The molecule has 0 saturated carbocycles. The Morgan fingerprint density at radius 2 is 1.05 bits per heavy atom. The van der Waals surface area contributed by atoms with Gasteiger partial charge in [-0.2, -0.15) is 9.98 Å². The second kappa shape index (κ2) is 6.10. The number of isocyanates is 2. The molecule has 0 amide bonds. The predicted molar refractivity (Wildman–Crippen MR) is 80.6 cm³/mol. The molecule has 0 aliphatic carbocycles. The summed E-state index contributed by atoms with van der Waals surface area (Å²) in [6.45, 7) is 4.20. The number of rotatable bonds is 4. The van der Waals surface area contributed by atoms with Crippen LogP contribution in [0.3, 0.4) is 0 Å². The standard InChI is InChI=1S/C17H14N2O2/c1-17(2,13-3-7-15(8-4-13)18-11-20)14-5-9-16(10-6-14)19-12-21/h3-10H,1-2H3. The summed E-state index contributed by atoms with van der Waals surface area (Å²) in [4.78, 5) is 27.6. The Labute approximate surface area is 122 Å². The summed E-state index contributed by atoms with van der Waals surface area (Å²) in [5.41, 5.74) is 3.14. The van der Waals surface area contributed by atoms with Crippen LogP contribution in [0.4, 0.5) is 11.4 Å². The van der Waals surface area contributed by atoms with E-state index < -0.39 is 0 Å². The molecule has 2 aromatic rings. The molecule has 0 fully saturated rings. The number of hydrogen-bond acceptors (Lipinski definition) is 4. The summed E-state index contributed by atoms with van der Waals surface area (Å²) in [5, 5.41) is 0. The molecule has 0 atom stereocenters. The van der Waals surface area contributed by atoms with E-state index in [0.29, 0.717) is 11.4 Å². The van der Waals surface area contributed by atoms with Crippen LogP contribution in [0.25, 0.3) is 0 Å². The lowest BCUT2D eigenvalue weighted by Crippen LogP contribution is -2.18. The average Bonchev–Trinajstić information content (AvgIpc) is 2.49. The summed E-state index contributed by atoms with van der Waals surface area (Å²) in [7, 11) is 0. The van der Waals surface area contributed by atoms with Crippen molar-refractivity contribution < 1.29 is 9.59 Å². The molecule has 0 saturated heterocycles. The highest BCUT2D eigenvalue weighted by atomic mass is 16.1. The molecule has 2 rings (SSSR count). The molecule has 0 aliphatic rings. The van der Waals surface area contributed by atoms with Crippen molar-refractivity contribution in [3.63, 3.8) is 0 Å². The Bertz CT molecular complexity index is 655. The largest absolute Gasteiger partial charge is 0.240 e. The zero-order valence-electron chi connectivity index (χ0n) is 11.8. The van der Waals surface area contributed by atoms with Crippen molar-refractivity contribution >= 4 is 23.5 Å². The highest BCUT2D eigenvalue weighted by Crippen LogP contribution is 2.33. The maximum atomic E-state index is 10.2. The highest BCUT2D eigenvalue weighted by Gasteiger charge is 2.22. The van der Waals surface area contributed by atoms with Gasteiger partial charge in [0.05, 0.1) is 11.4 Å². The summed E-state index contributed by atoms with van der Waals surface area (Å²) < 4.78 is 0. The Morgan fingerprint density at radius 3 is 1.33 bits per heavy atom. The molecule has 4 heteroatoms. The normalized spacial score (nSPS) is 10.4. The van der Waals surface area contributed by atoms with Gasteiger partial charge in [-0.3, -0.25) is 0 Å². The van der Waals surface area contributed by atoms with E-state index in [1.165, 1.54) is 12.2 Å². The van der Waals surface area contributed by atoms with Crippen LogP contribution in [-0.4, -0.2) is 12.2 Å². The smallest absolute Gasteiger partial charge is 0.211 e. The molecule has 21 heavy (non-hydrogen) atoms. The number of hydrogen-bond donors (Lipinski definition) is 0. The molecule has 0 heterocycles. The van der Waals surface area contributed by atoms with Crippen LogP contribution < -0.4 is 0 Å². The van der Waals surface area contributed by atoms with Crippen LogP contribution in [0, 0.1) is 0 Å². The Kier molecular flexibility index (Phi) is 4.24. The van der Waals surface area contributed by atoms with Crippen molar-refractivity contribution in [2.75, 3.05) is 0 Å². The quantitative estimate of drug-likeness (QED) is 0.628. The minimum atomic E-state index is -0.215. The lowest BCUT2D eigenvalue weighted by molar-refractivity contribution is 0.564. The van der Waals surface area contributed by atoms with E-state index in [9.17, 15) is 9.59 Å². The van der Waals surface area contributed by atoms with E-state index in [0.717, 1.165) is 11.1 Å². The van der Waals surface area contributed by atoms with E-state index in [4.69, 9.17) is 0 Å². The second-order valence-electron chi connectivity index (χ2n) is 5.12. The number of benzene rings is 2. The van der Waals surface area contributed by atoms with Gasteiger partial charge in [-0.1, -0.05) is 38.1 Å². The first kappa shape index (κ1) is 14.6. The number of aliphatic imine (C=N–C) groups is 2. The van der Waals surface area contributed by atoms with Gasteiger partial charge in [-0.15, -0.1) is 0 Å². The first-order valence-corrected chi connectivity index (χ1v) is 6.45. The maximum absolute atomic E-state index is 10.2. The van der Waals surface area contributed by atoms with Gasteiger partial charge >= 0.3 is 0 Å². The molecule has 0 unspecified atom stereocenters. The third kappa shape index (κ3) is 3.21. The molecule has 4 nitrogen and oxygen atoms in total. The minimum Gasteiger partial charge on any atom is -0.211 e. The van der Waals surface area contributed by atoms with Gasteiger partial charge in [-0.05, 0) is 35.4 Å². The van der Waals surface area contributed by atoms with Gasteiger partial charge in [0.1, 0.15) is 0 Å². The van der Waals surface area contributed by atoms with E-state index in [-0.39, 0.29) is 5.41 Å².